The molecule has 1 aliphatic heterocycles. The number of carbonyl (C=O) groups excluding carboxylic acids is 1. The van der Waals surface area contributed by atoms with E-state index in [0.29, 0.717) is 25.2 Å². The maximum atomic E-state index is 12.8. The molecule has 1 amide bonds. The van der Waals surface area contributed by atoms with Crippen molar-refractivity contribution < 1.29 is 17.9 Å². The fourth-order valence-electron chi connectivity index (χ4n) is 2.51. The van der Waals surface area contributed by atoms with Crippen LogP contribution in [0.4, 0.5) is 10.5 Å². The summed E-state index contributed by atoms with van der Waals surface area (Å²) in [5.74, 6) is 0. The Labute approximate surface area is 153 Å². The first kappa shape index (κ1) is 19.8. The van der Waals surface area contributed by atoms with Crippen molar-refractivity contribution in [2.75, 3.05) is 31.9 Å². The molecular weight excluding hydrogens is 366 g/mol. The number of nitrogens with two attached hydrogens (primary N) is 1. The lowest BCUT2D eigenvalue weighted by atomic mass is 10.2. The van der Waals surface area contributed by atoms with E-state index in [0.717, 1.165) is 0 Å². The van der Waals surface area contributed by atoms with Gasteiger partial charge in [0, 0.05) is 31.9 Å². The van der Waals surface area contributed by atoms with Gasteiger partial charge in [0.2, 0.25) is 10.0 Å². The number of sulfonamides is 1. The SMILES string of the molecule is CC(C)(C)OC(=O)N1CCCN(S(=O)(=O)c2ccc(N)cc2Cl)CC1. The predicted octanol–water partition coefficient (Wildman–Crippen LogP) is 2.55. The van der Waals surface area contributed by atoms with Crippen LogP contribution in [0.3, 0.4) is 0 Å². The van der Waals surface area contributed by atoms with E-state index in [1.54, 1.807) is 20.8 Å². The van der Waals surface area contributed by atoms with Crippen LogP contribution in [0.15, 0.2) is 23.1 Å². The molecule has 0 radical (unpaired) electrons. The minimum atomic E-state index is -3.75. The van der Waals surface area contributed by atoms with Crippen molar-refractivity contribution in [1.29, 1.82) is 0 Å². The van der Waals surface area contributed by atoms with Gasteiger partial charge >= 0.3 is 6.09 Å². The standard InChI is InChI=1S/C16H24ClN3O4S/c1-16(2,3)24-15(21)19-7-4-8-20(10-9-19)25(22,23)14-6-5-12(18)11-13(14)17/h5-6,11H,4,7-10,18H2,1-3H3. The first-order chi connectivity index (χ1) is 11.5. The summed E-state index contributed by atoms with van der Waals surface area (Å²) >= 11 is 6.06. The maximum Gasteiger partial charge on any atom is 0.410 e. The molecule has 7 nitrogen and oxygen atoms in total. The van der Waals surface area contributed by atoms with Crippen LogP contribution in [0, 0.1) is 0 Å². The van der Waals surface area contributed by atoms with Crippen LogP contribution in [0.1, 0.15) is 27.2 Å². The lowest BCUT2D eigenvalue weighted by Crippen LogP contribution is -2.40. The molecule has 2 N–H and O–H groups in total. The van der Waals surface area contributed by atoms with Crippen molar-refractivity contribution in [3.05, 3.63) is 23.2 Å². The predicted molar refractivity (Wildman–Crippen MR) is 97.0 cm³/mol. The van der Waals surface area contributed by atoms with Crippen molar-refractivity contribution >= 4 is 33.4 Å². The molecule has 9 heteroatoms. The van der Waals surface area contributed by atoms with Crippen molar-refractivity contribution in [2.24, 2.45) is 0 Å². The van der Waals surface area contributed by atoms with Gasteiger partial charge in [-0.1, -0.05) is 11.6 Å². The summed E-state index contributed by atoms with van der Waals surface area (Å²) in [6.07, 6.45) is 0.0858. The first-order valence-electron chi connectivity index (χ1n) is 8.04. The van der Waals surface area contributed by atoms with Crippen LogP contribution < -0.4 is 5.73 Å². The first-order valence-corrected chi connectivity index (χ1v) is 9.85. The Kier molecular flexibility index (Phi) is 5.86. The fraction of sp³-hybridized carbons (Fsp3) is 0.562. The van der Waals surface area contributed by atoms with Gasteiger partial charge < -0.3 is 15.4 Å². The smallest absolute Gasteiger partial charge is 0.410 e. The minimum absolute atomic E-state index is 0.0223. The van der Waals surface area contributed by atoms with Crippen LogP contribution in [0.5, 0.6) is 0 Å². The summed E-state index contributed by atoms with van der Waals surface area (Å²) in [6, 6.07) is 4.33. The van der Waals surface area contributed by atoms with Crippen LogP contribution in [0.2, 0.25) is 5.02 Å². The number of carbonyl (C=O) groups is 1. The Morgan fingerprint density at radius 3 is 2.48 bits per heavy atom. The van der Waals surface area contributed by atoms with Crippen molar-refractivity contribution in [3.8, 4) is 0 Å². The van der Waals surface area contributed by atoms with Crippen LogP contribution >= 0.6 is 11.6 Å². The highest BCUT2D eigenvalue weighted by molar-refractivity contribution is 7.89. The van der Waals surface area contributed by atoms with Crippen LogP contribution in [-0.2, 0) is 14.8 Å². The van der Waals surface area contributed by atoms with Crippen molar-refractivity contribution in [2.45, 2.75) is 37.7 Å². The molecule has 2 rings (SSSR count). The highest BCUT2D eigenvalue weighted by Crippen LogP contribution is 2.27. The second-order valence-electron chi connectivity index (χ2n) is 6.91. The number of nitrogens with zero attached hydrogens (tertiary/aromatic N) is 2. The molecule has 1 aliphatic rings. The fourth-order valence-corrected chi connectivity index (χ4v) is 4.51. The Bertz CT molecular complexity index is 746. The van der Waals surface area contributed by atoms with E-state index >= 15 is 0 Å². The van der Waals surface area contributed by atoms with Gasteiger partial charge in [0.1, 0.15) is 10.5 Å². The van der Waals surface area contributed by atoms with E-state index in [1.165, 1.54) is 27.4 Å². The number of hydrogen-bond acceptors (Lipinski definition) is 5. The number of ether oxygens (including phenoxy) is 1. The number of anilines is 1. The molecule has 0 atom stereocenters. The molecule has 1 aromatic carbocycles. The summed E-state index contributed by atoms with van der Waals surface area (Å²) in [7, 11) is -3.75. The zero-order valence-corrected chi connectivity index (χ0v) is 16.2. The minimum Gasteiger partial charge on any atom is -0.444 e. The molecule has 1 saturated heterocycles. The maximum absolute atomic E-state index is 12.8. The highest BCUT2D eigenvalue weighted by atomic mass is 35.5. The number of halogens is 1. The largest absolute Gasteiger partial charge is 0.444 e. The van der Waals surface area contributed by atoms with Gasteiger partial charge in [0.15, 0.2) is 0 Å². The van der Waals surface area contributed by atoms with Crippen molar-refractivity contribution in [3.63, 3.8) is 0 Å². The summed E-state index contributed by atoms with van der Waals surface area (Å²) in [5.41, 5.74) is 5.43. The third kappa shape index (κ3) is 4.99. The second-order valence-corrected chi connectivity index (χ2v) is 9.23. The Balaban J connectivity index is 2.13. The van der Waals surface area contributed by atoms with E-state index in [9.17, 15) is 13.2 Å². The monoisotopic (exact) mass is 389 g/mol. The van der Waals surface area contributed by atoms with E-state index in [4.69, 9.17) is 22.1 Å². The molecule has 0 unspecified atom stereocenters. The summed E-state index contributed by atoms with van der Waals surface area (Å²) in [6.45, 7) is 6.58. The van der Waals surface area contributed by atoms with Gasteiger partial charge in [-0.2, -0.15) is 4.31 Å². The average molecular weight is 390 g/mol. The molecule has 0 saturated carbocycles. The van der Waals surface area contributed by atoms with E-state index < -0.39 is 21.7 Å². The van der Waals surface area contributed by atoms with E-state index in [1.807, 2.05) is 0 Å². The van der Waals surface area contributed by atoms with Gasteiger partial charge in [0.05, 0.1) is 5.02 Å². The Morgan fingerprint density at radius 2 is 1.88 bits per heavy atom. The molecule has 0 aromatic heterocycles. The van der Waals surface area contributed by atoms with E-state index in [2.05, 4.69) is 0 Å². The van der Waals surface area contributed by atoms with Crippen molar-refractivity contribution in [1.82, 2.24) is 9.21 Å². The molecule has 0 bridgehead atoms. The van der Waals surface area contributed by atoms with Crippen LogP contribution in [-0.4, -0.2) is 55.5 Å². The van der Waals surface area contributed by atoms with Crippen LogP contribution in [0.25, 0.3) is 0 Å². The number of amides is 1. The lowest BCUT2D eigenvalue weighted by molar-refractivity contribution is 0.0260. The third-order valence-corrected chi connectivity index (χ3v) is 6.06. The van der Waals surface area contributed by atoms with Gasteiger partial charge in [-0.15, -0.1) is 0 Å². The average Bonchev–Trinajstić information content (AvgIpc) is 2.71. The number of hydrogen-bond donors (Lipinski definition) is 1. The summed E-state index contributed by atoms with van der Waals surface area (Å²) < 4.78 is 32.4. The molecular formula is C16H24ClN3O4S. The normalized spacial score (nSPS) is 17.2. The molecule has 1 fully saturated rings. The molecule has 0 aliphatic carbocycles. The second kappa shape index (κ2) is 7.39. The lowest BCUT2D eigenvalue weighted by Gasteiger charge is -2.26. The number of nitrogen functional groups attached to an aromatic ring is 1. The van der Waals surface area contributed by atoms with E-state index in [-0.39, 0.29) is 23.0 Å². The zero-order chi connectivity index (χ0) is 18.8. The summed E-state index contributed by atoms with van der Waals surface area (Å²) in [4.78, 5) is 13.7. The quantitative estimate of drug-likeness (QED) is 0.784. The molecule has 1 heterocycles. The van der Waals surface area contributed by atoms with Gasteiger partial charge in [0.25, 0.3) is 0 Å². The zero-order valence-electron chi connectivity index (χ0n) is 14.7. The molecule has 0 spiro atoms. The molecule has 25 heavy (non-hydrogen) atoms. The summed E-state index contributed by atoms with van der Waals surface area (Å²) in [5, 5.41) is 0.0910. The Hall–Kier alpha value is -1.51. The molecule has 1 aromatic rings. The van der Waals surface area contributed by atoms with Gasteiger partial charge in [-0.3, -0.25) is 0 Å². The topological polar surface area (TPSA) is 92.9 Å². The number of benzene rings is 1. The highest BCUT2D eigenvalue weighted by Gasteiger charge is 2.31. The van der Waals surface area contributed by atoms with Gasteiger partial charge in [-0.05, 0) is 45.4 Å². The third-order valence-electron chi connectivity index (χ3n) is 3.68. The molecule has 140 valence electrons. The number of rotatable bonds is 2. The van der Waals surface area contributed by atoms with Gasteiger partial charge in [-0.25, -0.2) is 13.2 Å². The Morgan fingerprint density at radius 1 is 1.20 bits per heavy atom.